The number of hydrogen-bond acceptors (Lipinski definition) is 4. The molecule has 0 aliphatic heterocycles. The zero-order chi connectivity index (χ0) is 15.5. The van der Waals surface area contributed by atoms with Crippen LogP contribution >= 0.6 is 0 Å². The second-order valence-electron chi connectivity index (χ2n) is 5.66. The van der Waals surface area contributed by atoms with Crippen LogP contribution in [0.1, 0.15) is 25.2 Å². The van der Waals surface area contributed by atoms with Gasteiger partial charge in [-0.3, -0.25) is 9.88 Å². The SMILES string of the molecule is C=CCN(CCOC)Cc1cccc(CNCC(C)C)n1. The molecule has 0 amide bonds. The van der Waals surface area contributed by atoms with Crippen LogP contribution in [0.25, 0.3) is 0 Å². The topological polar surface area (TPSA) is 37.4 Å². The number of methoxy groups -OCH3 is 1. The van der Waals surface area contributed by atoms with Crippen LogP contribution in [0.15, 0.2) is 30.9 Å². The van der Waals surface area contributed by atoms with E-state index in [2.05, 4.69) is 48.8 Å². The molecule has 4 nitrogen and oxygen atoms in total. The van der Waals surface area contributed by atoms with Crippen LogP contribution in [0.4, 0.5) is 0 Å². The first-order valence-electron chi connectivity index (χ1n) is 7.63. The van der Waals surface area contributed by atoms with Crippen molar-refractivity contribution in [2.45, 2.75) is 26.9 Å². The molecule has 0 saturated carbocycles. The Morgan fingerprint density at radius 3 is 2.81 bits per heavy atom. The molecule has 0 aliphatic rings. The van der Waals surface area contributed by atoms with Gasteiger partial charge in [0.2, 0.25) is 0 Å². The minimum absolute atomic E-state index is 0.658. The first-order chi connectivity index (χ1) is 10.2. The predicted octanol–water partition coefficient (Wildman–Crippen LogP) is 2.46. The van der Waals surface area contributed by atoms with Crippen LogP contribution in [0.3, 0.4) is 0 Å². The third-order valence-electron chi connectivity index (χ3n) is 3.11. The Morgan fingerprint density at radius 1 is 1.38 bits per heavy atom. The summed E-state index contributed by atoms with van der Waals surface area (Å²) in [5, 5.41) is 3.43. The summed E-state index contributed by atoms with van der Waals surface area (Å²) < 4.78 is 5.15. The van der Waals surface area contributed by atoms with Gasteiger partial charge in [-0.15, -0.1) is 6.58 Å². The summed E-state index contributed by atoms with van der Waals surface area (Å²) in [6.45, 7) is 13.4. The molecule has 1 heterocycles. The highest BCUT2D eigenvalue weighted by Gasteiger charge is 2.06. The fourth-order valence-corrected chi connectivity index (χ4v) is 2.07. The molecule has 21 heavy (non-hydrogen) atoms. The maximum Gasteiger partial charge on any atom is 0.0589 e. The van der Waals surface area contributed by atoms with E-state index in [9.17, 15) is 0 Å². The van der Waals surface area contributed by atoms with Crippen molar-refractivity contribution in [3.63, 3.8) is 0 Å². The molecule has 1 aromatic heterocycles. The number of pyridine rings is 1. The lowest BCUT2D eigenvalue weighted by molar-refractivity contribution is 0.150. The molecule has 1 N–H and O–H groups in total. The standard InChI is InChI=1S/C17H29N3O/c1-5-9-20(10-11-21-4)14-17-8-6-7-16(19-17)13-18-12-15(2)3/h5-8,15,18H,1,9-14H2,2-4H3. The first kappa shape index (κ1) is 17.8. The van der Waals surface area contributed by atoms with Crippen LogP contribution in [0, 0.1) is 5.92 Å². The molecule has 1 rings (SSSR count). The third-order valence-corrected chi connectivity index (χ3v) is 3.11. The summed E-state index contributed by atoms with van der Waals surface area (Å²) in [6.07, 6.45) is 1.92. The van der Waals surface area contributed by atoms with Gasteiger partial charge in [-0.25, -0.2) is 0 Å². The molecule has 0 atom stereocenters. The molecule has 0 radical (unpaired) electrons. The lowest BCUT2D eigenvalue weighted by atomic mass is 10.2. The quantitative estimate of drug-likeness (QED) is 0.636. The van der Waals surface area contributed by atoms with Crippen molar-refractivity contribution in [3.8, 4) is 0 Å². The van der Waals surface area contributed by atoms with Gasteiger partial charge in [-0.05, 0) is 24.6 Å². The van der Waals surface area contributed by atoms with Gasteiger partial charge in [0.1, 0.15) is 0 Å². The molecule has 0 aliphatic carbocycles. The molecule has 0 aromatic carbocycles. The predicted molar refractivity (Wildman–Crippen MR) is 88.1 cm³/mol. The summed E-state index contributed by atoms with van der Waals surface area (Å²) in [5.74, 6) is 0.658. The monoisotopic (exact) mass is 291 g/mol. The van der Waals surface area contributed by atoms with E-state index in [1.807, 2.05) is 6.08 Å². The van der Waals surface area contributed by atoms with Gasteiger partial charge in [0, 0.05) is 33.3 Å². The van der Waals surface area contributed by atoms with E-state index < -0.39 is 0 Å². The van der Waals surface area contributed by atoms with E-state index in [0.717, 1.165) is 50.7 Å². The van der Waals surface area contributed by atoms with Crippen molar-refractivity contribution < 1.29 is 4.74 Å². The highest BCUT2D eigenvalue weighted by Crippen LogP contribution is 2.04. The lowest BCUT2D eigenvalue weighted by Gasteiger charge is -2.20. The number of aromatic nitrogens is 1. The Balaban J connectivity index is 2.54. The van der Waals surface area contributed by atoms with Crippen molar-refractivity contribution >= 4 is 0 Å². The van der Waals surface area contributed by atoms with E-state index in [4.69, 9.17) is 9.72 Å². The summed E-state index contributed by atoms with van der Waals surface area (Å²) >= 11 is 0. The Morgan fingerprint density at radius 2 is 2.14 bits per heavy atom. The summed E-state index contributed by atoms with van der Waals surface area (Å²) in [4.78, 5) is 7.00. The van der Waals surface area contributed by atoms with Crippen LogP contribution in [-0.2, 0) is 17.8 Å². The van der Waals surface area contributed by atoms with E-state index in [0.29, 0.717) is 5.92 Å². The molecule has 0 fully saturated rings. The molecular weight excluding hydrogens is 262 g/mol. The third kappa shape index (κ3) is 7.95. The van der Waals surface area contributed by atoms with Crippen LogP contribution in [0.2, 0.25) is 0 Å². The van der Waals surface area contributed by atoms with Crippen LogP contribution < -0.4 is 5.32 Å². The van der Waals surface area contributed by atoms with Crippen molar-refractivity contribution in [1.29, 1.82) is 0 Å². The lowest BCUT2D eigenvalue weighted by Crippen LogP contribution is -2.28. The summed E-state index contributed by atoms with van der Waals surface area (Å²) in [5.41, 5.74) is 2.19. The number of ether oxygens (including phenoxy) is 1. The fourth-order valence-electron chi connectivity index (χ4n) is 2.07. The number of hydrogen-bond donors (Lipinski definition) is 1. The molecular formula is C17H29N3O. The zero-order valence-electron chi connectivity index (χ0n) is 13.6. The molecule has 0 spiro atoms. The second kappa shape index (κ2) is 10.5. The van der Waals surface area contributed by atoms with E-state index in [1.54, 1.807) is 7.11 Å². The van der Waals surface area contributed by atoms with Gasteiger partial charge >= 0.3 is 0 Å². The van der Waals surface area contributed by atoms with Crippen molar-refractivity contribution in [3.05, 3.63) is 42.2 Å². The molecule has 118 valence electrons. The van der Waals surface area contributed by atoms with Gasteiger partial charge in [0.05, 0.1) is 18.0 Å². The molecule has 0 unspecified atom stereocenters. The van der Waals surface area contributed by atoms with Gasteiger partial charge < -0.3 is 10.1 Å². The van der Waals surface area contributed by atoms with Gasteiger partial charge in [-0.2, -0.15) is 0 Å². The summed E-state index contributed by atoms with van der Waals surface area (Å²) in [7, 11) is 1.73. The average Bonchev–Trinajstić information content (AvgIpc) is 2.45. The normalized spacial score (nSPS) is 11.3. The number of nitrogens with zero attached hydrogens (tertiary/aromatic N) is 2. The Hall–Kier alpha value is -1.23. The summed E-state index contributed by atoms with van der Waals surface area (Å²) in [6, 6.07) is 6.23. The maximum atomic E-state index is 5.15. The van der Waals surface area contributed by atoms with Crippen molar-refractivity contribution in [2.24, 2.45) is 5.92 Å². The average molecular weight is 291 g/mol. The van der Waals surface area contributed by atoms with Gasteiger partial charge in [0.25, 0.3) is 0 Å². The van der Waals surface area contributed by atoms with Crippen LogP contribution in [-0.4, -0.2) is 43.2 Å². The van der Waals surface area contributed by atoms with Crippen molar-refractivity contribution in [2.75, 3.05) is 33.4 Å². The highest BCUT2D eigenvalue weighted by molar-refractivity contribution is 5.11. The highest BCUT2D eigenvalue weighted by atomic mass is 16.5. The molecule has 1 aromatic rings. The minimum Gasteiger partial charge on any atom is -0.383 e. The van der Waals surface area contributed by atoms with Gasteiger partial charge in [-0.1, -0.05) is 26.0 Å². The smallest absolute Gasteiger partial charge is 0.0589 e. The van der Waals surface area contributed by atoms with Gasteiger partial charge in [0.15, 0.2) is 0 Å². The molecule has 4 heteroatoms. The maximum absolute atomic E-state index is 5.15. The Kier molecular flexibility index (Phi) is 8.90. The van der Waals surface area contributed by atoms with E-state index >= 15 is 0 Å². The largest absolute Gasteiger partial charge is 0.383 e. The minimum atomic E-state index is 0.658. The second-order valence-corrected chi connectivity index (χ2v) is 5.66. The molecule has 0 bridgehead atoms. The molecule has 0 saturated heterocycles. The van der Waals surface area contributed by atoms with Crippen LogP contribution in [0.5, 0.6) is 0 Å². The fraction of sp³-hybridized carbons (Fsp3) is 0.588. The first-order valence-corrected chi connectivity index (χ1v) is 7.63. The zero-order valence-corrected chi connectivity index (χ0v) is 13.6. The number of rotatable bonds is 11. The Labute approximate surface area is 129 Å². The van der Waals surface area contributed by atoms with E-state index in [-0.39, 0.29) is 0 Å². The van der Waals surface area contributed by atoms with E-state index in [1.165, 1.54) is 0 Å². The number of nitrogens with one attached hydrogen (secondary N) is 1. The van der Waals surface area contributed by atoms with Crippen molar-refractivity contribution in [1.82, 2.24) is 15.2 Å². The Bertz CT molecular complexity index is 407.